The fourth-order valence-corrected chi connectivity index (χ4v) is 4.09. The van der Waals surface area contributed by atoms with Crippen LogP contribution < -0.4 is 10.6 Å². The van der Waals surface area contributed by atoms with Crippen LogP contribution in [0.15, 0.2) is 29.5 Å². The van der Waals surface area contributed by atoms with E-state index < -0.39 is 6.04 Å². The number of benzene rings is 1. The normalized spacial score (nSPS) is 18.8. The number of hydrogen-bond donors (Lipinski definition) is 2. The van der Waals surface area contributed by atoms with E-state index in [4.69, 9.17) is 0 Å². The molecule has 3 rings (SSSR count). The summed E-state index contributed by atoms with van der Waals surface area (Å²) in [5.74, 6) is 0.212. The third kappa shape index (κ3) is 4.35. The molecule has 30 heavy (non-hydrogen) atoms. The van der Waals surface area contributed by atoms with Crippen LogP contribution in [0.2, 0.25) is 0 Å². The molecule has 2 heterocycles. The maximum Gasteiger partial charge on any atom is 0.322 e. The average molecular weight is 413 g/mol. The van der Waals surface area contributed by atoms with Gasteiger partial charge in [0.25, 0.3) is 5.91 Å². The molecule has 7 nitrogen and oxygen atoms in total. The highest BCUT2D eigenvalue weighted by atomic mass is 16.2. The van der Waals surface area contributed by atoms with Crippen molar-refractivity contribution in [3.05, 3.63) is 46.2 Å². The van der Waals surface area contributed by atoms with Crippen LogP contribution in [0.5, 0.6) is 0 Å². The molecule has 0 unspecified atom stereocenters. The van der Waals surface area contributed by atoms with Crippen molar-refractivity contribution in [1.82, 2.24) is 20.4 Å². The minimum absolute atomic E-state index is 0.0612. The number of nitrogens with zero attached hydrogens (tertiary/aromatic N) is 2. The van der Waals surface area contributed by atoms with E-state index in [1.54, 1.807) is 9.80 Å². The molecule has 2 aliphatic heterocycles. The Bertz CT molecular complexity index is 890. The standard InChI is InChI=1S/C23H32N4O3/c1-6-27-18-13-26(10-9-19(28)24-12-14(2)3)22(29)20(18)21(25-23(27)30)17-8-7-15(4)11-16(17)5/h7-8,11,14,21H,6,9-10,12-13H2,1-5H3,(H,24,28)(H,25,30)/t21-/m1/s1. The minimum Gasteiger partial charge on any atom is -0.356 e. The van der Waals surface area contributed by atoms with Crippen molar-refractivity contribution in [2.75, 3.05) is 26.2 Å². The largest absolute Gasteiger partial charge is 0.356 e. The van der Waals surface area contributed by atoms with Crippen LogP contribution in [0.25, 0.3) is 0 Å². The van der Waals surface area contributed by atoms with Crippen molar-refractivity contribution in [2.24, 2.45) is 5.92 Å². The fourth-order valence-electron chi connectivity index (χ4n) is 4.09. The third-order valence-electron chi connectivity index (χ3n) is 5.67. The minimum atomic E-state index is -0.469. The second kappa shape index (κ2) is 8.90. The van der Waals surface area contributed by atoms with Crippen LogP contribution in [-0.4, -0.2) is 53.8 Å². The second-order valence-electron chi connectivity index (χ2n) is 8.52. The van der Waals surface area contributed by atoms with Gasteiger partial charge in [0.2, 0.25) is 5.91 Å². The Morgan fingerprint density at radius 1 is 1.27 bits per heavy atom. The van der Waals surface area contributed by atoms with Crippen LogP contribution in [0.3, 0.4) is 0 Å². The molecular weight excluding hydrogens is 380 g/mol. The summed E-state index contributed by atoms with van der Waals surface area (Å²) in [6.45, 7) is 11.8. The number of hydrogen-bond acceptors (Lipinski definition) is 3. The van der Waals surface area contributed by atoms with Gasteiger partial charge < -0.3 is 15.5 Å². The fraction of sp³-hybridized carbons (Fsp3) is 0.522. The summed E-state index contributed by atoms with van der Waals surface area (Å²) >= 11 is 0. The molecule has 0 aliphatic carbocycles. The van der Waals surface area contributed by atoms with E-state index in [2.05, 4.69) is 16.7 Å². The van der Waals surface area contributed by atoms with E-state index in [1.807, 2.05) is 46.8 Å². The van der Waals surface area contributed by atoms with Crippen LogP contribution in [0.4, 0.5) is 4.79 Å². The summed E-state index contributed by atoms with van der Waals surface area (Å²) in [5.41, 5.74) is 4.47. The predicted octanol–water partition coefficient (Wildman–Crippen LogP) is 2.65. The molecule has 162 valence electrons. The third-order valence-corrected chi connectivity index (χ3v) is 5.67. The first-order valence-corrected chi connectivity index (χ1v) is 10.7. The SMILES string of the molecule is CCN1C(=O)N[C@H](c2ccc(C)cc2C)C2=C1CN(CCC(=O)NCC(C)C)C2=O. The lowest BCUT2D eigenvalue weighted by atomic mass is 9.91. The van der Waals surface area contributed by atoms with Crippen molar-refractivity contribution < 1.29 is 14.4 Å². The molecule has 7 heteroatoms. The first-order chi connectivity index (χ1) is 14.2. The molecule has 2 N–H and O–H groups in total. The summed E-state index contributed by atoms with van der Waals surface area (Å²) in [6, 6.07) is 5.38. The Hall–Kier alpha value is -2.83. The van der Waals surface area contributed by atoms with Gasteiger partial charge in [-0.1, -0.05) is 37.6 Å². The number of urea groups is 1. The molecule has 0 saturated heterocycles. The molecule has 0 aromatic heterocycles. The van der Waals surface area contributed by atoms with Gasteiger partial charge in [-0.25, -0.2) is 4.79 Å². The van der Waals surface area contributed by atoms with Crippen LogP contribution in [-0.2, 0) is 9.59 Å². The highest BCUT2D eigenvalue weighted by Crippen LogP contribution is 2.37. The van der Waals surface area contributed by atoms with E-state index in [0.29, 0.717) is 37.7 Å². The molecular formula is C23H32N4O3. The highest BCUT2D eigenvalue weighted by Gasteiger charge is 2.43. The van der Waals surface area contributed by atoms with E-state index in [1.165, 1.54) is 0 Å². The van der Waals surface area contributed by atoms with Crippen molar-refractivity contribution in [3.8, 4) is 0 Å². The predicted molar refractivity (Wildman–Crippen MR) is 116 cm³/mol. The quantitative estimate of drug-likeness (QED) is 0.722. The zero-order valence-electron chi connectivity index (χ0n) is 18.5. The summed E-state index contributed by atoms with van der Waals surface area (Å²) in [4.78, 5) is 41.5. The van der Waals surface area contributed by atoms with Gasteiger partial charge in [0.15, 0.2) is 0 Å². The molecule has 0 spiro atoms. The van der Waals surface area contributed by atoms with Crippen molar-refractivity contribution >= 4 is 17.8 Å². The summed E-state index contributed by atoms with van der Waals surface area (Å²) in [7, 11) is 0. The maximum atomic E-state index is 13.3. The average Bonchev–Trinajstić information content (AvgIpc) is 3.00. The maximum absolute atomic E-state index is 13.3. The van der Waals surface area contributed by atoms with Gasteiger partial charge in [-0.05, 0) is 37.8 Å². The Balaban J connectivity index is 1.83. The molecule has 0 fully saturated rings. The molecule has 0 radical (unpaired) electrons. The van der Waals surface area contributed by atoms with Gasteiger partial charge in [0, 0.05) is 26.1 Å². The number of carbonyl (C=O) groups is 3. The zero-order chi connectivity index (χ0) is 22.0. The van der Waals surface area contributed by atoms with Crippen molar-refractivity contribution in [3.63, 3.8) is 0 Å². The molecule has 1 aromatic carbocycles. The van der Waals surface area contributed by atoms with Gasteiger partial charge in [0.1, 0.15) is 0 Å². The lowest BCUT2D eigenvalue weighted by Gasteiger charge is -2.33. The number of aryl methyl sites for hydroxylation is 2. The Morgan fingerprint density at radius 3 is 2.63 bits per heavy atom. The van der Waals surface area contributed by atoms with E-state index in [-0.39, 0.29) is 24.3 Å². The molecule has 0 saturated carbocycles. The summed E-state index contributed by atoms with van der Waals surface area (Å²) in [6.07, 6.45) is 0.251. The van der Waals surface area contributed by atoms with Crippen LogP contribution in [0, 0.1) is 19.8 Å². The smallest absolute Gasteiger partial charge is 0.322 e. The van der Waals surface area contributed by atoms with E-state index in [9.17, 15) is 14.4 Å². The van der Waals surface area contributed by atoms with Gasteiger partial charge >= 0.3 is 6.03 Å². The summed E-state index contributed by atoms with van der Waals surface area (Å²) < 4.78 is 0. The molecule has 2 aliphatic rings. The first-order valence-electron chi connectivity index (χ1n) is 10.7. The van der Waals surface area contributed by atoms with Crippen molar-refractivity contribution in [2.45, 2.75) is 47.1 Å². The van der Waals surface area contributed by atoms with Crippen molar-refractivity contribution in [1.29, 1.82) is 0 Å². The number of nitrogens with one attached hydrogen (secondary N) is 2. The lowest BCUT2D eigenvalue weighted by Crippen LogP contribution is -2.47. The van der Waals surface area contributed by atoms with Gasteiger partial charge in [-0.2, -0.15) is 0 Å². The van der Waals surface area contributed by atoms with E-state index >= 15 is 0 Å². The van der Waals surface area contributed by atoms with Gasteiger partial charge in [-0.3, -0.25) is 14.5 Å². The monoisotopic (exact) mass is 412 g/mol. The molecule has 1 aromatic rings. The highest BCUT2D eigenvalue weighted by molar-refractivity contribution is 6.01. The summed E-state index contributed by atoms with van der Waals surface area (Å²) in [5, 5.41) is 5.91. The van der Waals surface area contributed by atoms with Gasteiger partial charge in [0.05, 0.1) is 23.9 Å². The Kier molecular flexibility index (Phi) is 6.48. The molecule has 1 atom stereocenters. The Morgan fingerprint density at radius 2 is 2.00 bits per heavy atom. The number of carbonyl (C=O) groups excluding carboxylic acids is 3. The number of likely N-dealkylation sites (N-methyl/N-ethyl adjacent to an activating group) is 1. The van der Waals surface area contributed by atoms with Crippen LogP contribution in [0.1, 0.15) is 49.9 Å². The topological polar surface area (TPSA) is 81.8 Å². The molecule has 0 bridgehead atoms. The number of amides is 4. The second-order valence-corrected chi connectivity index (χ2v) is 8.52. The number of rotatable bonds is 7. The zero-order valence-corrected chi connectivity index (χ0v) is 18.5. The van der Waals surface area contributed by atoms with Gasteiger partial charge in [-0.15, -0.1) is 0 Å². The van der Waals surface area contributed by atoms with Crippen LogP contribution >= 0.6 is 0 Å². The first kappa shape index (κ1) is 21.9. The Labute approximate surface area is 178 Å². The molecule has 4 amide bonds. The van der Waals surface area contributed by atoms with E-state index in [0.717, 1.165) is 22.4 Å². The lowest BCUT2D eigenvalue weighted by molar-refractivity contribution is -0.127.